The predicted octanol–water partition coefficient (Wildman–Crippen LogP) is 1.44. The summed E-state index contributed by atoms with van der Waals surface area (Å²) in [5, 5.41) is 0. The van der Waals surface area contributed by atoms with Crippen LogP contribution in [0.25, 0.3) is 6.08 Å². The second-order valence-electron chi connectivity index (χ2n) is 3.35. The maximum Gasteiger partial charge on any atom is 0.204 e. The minimum atomic E-state index is 0.498. The Balaban J connectivity index is 2.43. The van der Waals surface area contributed by atoms with Crippen LogP contribution in [0.2, 0.25) is 0 Å². The van der Waals surface area contributed by atoms with Gasteiger partial charge in [0.2, 0.25) is 5.75 Å². The van der Waals surface area contributed by atoms with E-state index < -0.39 is 0 Å². The second kappa shape index (κ2) is 4.90. The van der Waals surface area contributed by atoms with E-state index in [0.29, 0.717) is 31.3 Å². The van der Waals surface area contributed by atoms with Crippen LogP contribution in [0.1, 0.15) is 5.56 Å². The fraction of sp³-hybridized carbons (Fsp3) is 0.333. The first-order valence-electron chi connectivity index (χ1n) is 5.20. The zero-order chi connectivity index (χ0) is 11.4. The van der Waals surface area contributed by atoms with Gasteiger partial charge in [-0.25, -0.2) is 0 Å². The Morgan fingerprint density at radius 1 is 1.38 bits per heavy atom. The van der Waals surface area contributed by atoms with Gasteiger partial charge >= 0.3 is 0 Å². The van der Waals surface area contributed by atoms with Crippen molar-refractivity contribution in [3.63, 3.8) is 0 Å². The van der Waals surface area contributed by atoms with Crippen molar-refractivity contribution in [3.8, 4) is 17.2 Å². The van der Waals surface area contributed by atoms with Crippen molar-refractivity contribution in [2.24, 2.45) is 5.73 Å². The third-order valence-electron chi connectivity index (χ3n) is 2.33. The number of hydrogen-bond acceptors (Lipinski definition) is 4. The monoisotopic (exact) mass is 221 g/mol. The molecule has 0 saturated heterocycles. The highest BCUT2D eigenvalue weighted by Gasteiger charge is 2.18. The highest BCUT2D eigenvalue weighted by Crippen LogP contribution is 2.42. The van der Waals surface area contributed by atoms with Gasteiger partial charge in [-0.15, -0.1) is 0 Å². The molecular formula is C12H15NO3. The Morgan fingerprint density at radius 3 is 2.94 bits per heavy atom. The average Bonchev–Trinajstić information content (AvgIpc) is 2.35. The summed E-state index contributed by atoms with van der Waals surface area (Å²) in [6.07, 6.45) is 3.78. The van der Waals surface area contributed by atoms with E-state index in [9.17, 15) is 0 Å². The topological polar surface area (TPSA) is 53.7 Å². The number of hydrogen-bond donors (Lipinski definition) is 1. The Bertz CT molecular complexity index is 401. The fourth-order valence-electron chi connectivity index (χ4n) is 1.64. The van der Waals surface area contributed by atoms with Crippen molar-refractivity contribution >= 4 is 6.08 Å². The van der Waals surface area contributed by atoms with Gasteiger partial charge < -0.3 is 19.9 Å². The summed E-state index contributed by atoms with van der Waals surface area (Å²) < 4.78 is 16.4. The minimum absolute atomic E-state index is 0.498. The van der Waals surface area contributed by atoms with Crippen molar-refractivity contribution in [1.29, 1.82) is 0 Å². The average molecular weight is 221 g/mol. The summed E-state index contributed by atoms with van der Waals surface area (Å²) in [5.41, 5.74) is 6.36. The van der Waals surface area contributed by atoms with Crippen LogP contribution in [0.4, 0.5) is 0 Å². The lowest BCUT2D eigenvalue weighted by Gasteiger charge is -2.21. The Labute approximate surface area is 94.6 Å². The number of fused-ring (bicyclic) bond motifs is 1. The van der Waals surface area contributed by atoms with Crippen LogP contribution < -0.4 is 19.9 Å². The van der Waals surface area contributed by atoms with Crippen LogP contribution in [-0.2, 0) is 0 Å². The quantitative estimate of drug-likeness (QED) is 0.839. The van der Waals surface area contributed by atoms with Crippen molar-refractivity contribution in [2.45, 2.75) is 0 Å². The first kappa shape index (κ1) is 10.8. The number of nitrogens with two attached hydrogens (primary N) is 1. The molecule has 0 saturated carbocycles. The van der Waals surface area contributed by atoms with Crippen LogP contribution in [0.3, 0.4) is 0 Å². The van der Waals surface area contributed by atoms with Gasteiger partial charge in [0.25, 0.3) is 0 Å². The van der Waals surface area contributed by atoms with Gasteiger partial charge in [0.05, 0.1) is 7.11 Å². The molecule has 86 valence electrons. The van der Waals surface area contributed by atoms with Gasteiger partial charge in [-0.05, 0) is 12.1 Å². The van der Waals surface area contributed by atoms with Crippen LogP contribution in [0.15, 0.2) is 18.2 Å². The lowest BCUT2D eigenvalue weighted by atomic mass is 10.1. The zero-order valence-corrected chi connectivity index (χ0v) is 9.23. The maximum absolute atomic E-state index is 5.55. The Hall–Kier alpha value is -1.68. The number of methoxy groups -OCH3 is 1. The largest absolute Gasteiger partial charge is 0.492 e. The van der Waals surface area contributed by atoms with Gasteiger partial charge in [-0.1, -0.05) is 12.2 Å². The molecule has 1 aromatic carbocycles. The van der Waals surface area contributed by atoms with E-state index in [2.05, 4.69) is 0 Å². The summed E-state index contributed by atoms with van der Waals surface area (Å²) in [6, 6.07) is 3.81. The molecule has 1 aromatic rings. The molecule has 4 nitrogen and oxygen atoms in total. The maximum atomic E-state index is 5.55. The minimum Gasteiger partial charge on any atom is -0.492 e. The molecule has 0 radical (unpaired) electrons. The van der Waals surface area contributed by atoms with E-state index in [1.54, 1.807) is 7.11 Å². The molecule has 16 heavy (non-hydrogen) atoms. The van der Waals surface area contributed by atoms with E-state index in [1.165, 1.54) is 0 Å². The number of benzene rings is 1. The molecule has 0 spiro atoms. The summed E-state index contributed by atoms with van der Waals surface area (Å²) in [4.78, 5) is 0. The van der Waals surface area contributed by atoms with E-state index in [0.717, 1.165) is 11.3 Å². The van der Waals surface area contributed by atoms with Gasteiger partial charge in [0.1, 0.15) is 13.2 Å². The first-order chi connectivity index (χ1) is 7.86. The van der Waals surface area contributed by atoms with E-state index in [-0.39, 0.29) is 0 Å². The summed E-state index contributed by atoms with van der Waals surface area (Å²) in [7, 11) is 1.62. The SMILES string of the molecule is COc1c(/C=C/CN)ccc2c1OCCO2. The fourth-order valence-corrected chi connectivity index (χ4v) is 1.64. The third-order valence-corrected chi connectivity index (χ3v) is 2.33. The molecule has 0 aliphatic carbocycles. The van der Waals surface area contributed by atoms with Crippen LogP contribution in [-0.4, -0.2) is 26.9 Å². The lowest BCUT2D eigenvalue weighted by molar-refractivity contribution is 0.165. The van der Waals surface area contributed by atoms with Gasteiger partial charge in [0.15, 0.2) is 11.5 Å². The van der Waals surface area contributed by atoms with Crippen molar-refractivity contribution < 1.29 is 14.2 Å². The Morgan fingerprint density at radius 2 is 2.19 bits per heavy atom. The van der Waals surface area contributed by atoms with E-state index >= 15 is 0 Å². The molecule has 2 N–H and O–H groups in total. The summed E-state index contributed by atoms with van der Waals surface area (Å²) in [5.74, 6) is 2.10. The van der Waals surface area contributed by atoms with Gasteiger partial charge in [0, 0.05) is 12.1 Å². The molecule has 2 rings (SSSR count). The van der Waals surface area contributed by atoms with Crippen molar-refractivity contribution in [2.75, 3.05) is 26.9 Å². The molecule has 4 heteroatoms. The van der Waals surface area contributed by atoms with Gasteiger partial charge in [-0.2, -0.15) is 0 Å². The highest BCUT2D eigenvalue weighted by molar-refractivity contribution is 5.66. The molecule has 1 heterocycles. The molecule has 0 bridgehead atoms. The third kappa shape index (κ3) is 1.97. The smallest absolute Gasteiger partial charge is 0.204 e. The number of ether oxygens (including phenoxy) is 3. The molecule has 0 unspecified atom stereocenters. The summed E-state index contributed by atoms with van der Waals surface area (Å²) >= 11 is 0. The molecule has 0 fully saturated rings. The molecule has 0 aromatic heterocycles. The second-order valence-corrected chi connectivity index (χ2v) is 3.35. The zero-order valence-electron chi connectivity index (χ0n) is 9.23. The standard InChI is InChI=1S/C12H15NO3/c1-14-11-9(3-2-6-13)4-5-10-12(11)16-8-7-15-10/h2-5H,6-8,13H2,1H3/b3-2+. The van der Waals surface area contributed by atoms with Gasteiger partial charge in [-0.3, -0.25) is 0 Å². The number of rotatable bonds is 3. The van der Waals surface area contributed by atoms with Crippen LogP contribution in [0.5, 0.6) is 17.2 Å². The molecule has 0 atom stereocenters. The molecule has 1 aliphatic rings. The Kier molecular flexibility index (Phi) is 3.31. The lowest BCUT2D eigenvalue weighted by Crippen LogP contribution is -2.16. The van der Waals surface area contributed by atoms with Crippen LogP contribution >= 0.6 is 0 Å². The normalized spacial score (nSPS) is 14.1. The first-order valence-corrected chi connectivity index (χ1v) is 5.20. The van der Waals surface area contributed by atoms with Crippen molar-refractivity contribution in [1.82, 2.24) is 0 Å². The van der Waals surface area contributed by atoms with E-state index in [1.807, 2.05) is 24.3 Å². The predicted molar refractivity (Wildman–Crippen MR) is 62.1 cm³/mol. The molecule has 1 aliphatic heterocycles. The molecule has 0 amide bonds. The van der Waals surface area contributed by atoms with Crippen LogP contribution in [0, 0.1) is 0 Å². The van der Waals surface area contributed by atoms with E-state index in [4.69, 9.17) is 19.9 Å². The van der Waals surface area contributed by atoms with Crippen molar-refractivity contribution in [3.05, 3.63) is 23.8 Å². The summed E-state index contributed by atoms with van der Waals surface area (Å²) in [6.45, 7) is 1.62. The molecular weight excluding hydrogens is 206 g/mol. The highest BCUT2D eigenvalue weighted by atomic mass is 16.6.